The van der Waals surface area contributed by atoms with Gasteiger partial charge in [0.1, 0.15) is 17.3 Å². The van der Waals surface area contributed by atoms with E-state index in [0.29, 0.717) is 11.4 Å². The molecule has 0 saturated carbocycles. The Balaban J connectivity index is 1.43. The number of benzene rings is 3. The summed E-state index contributed by atoms with van der Waals surface area (Å²) in [7, 11) is 0. The number of aryl methyl sites for hydroxylation is 1. The number of rotatable bonds is 6. The number of thiazole rings is 1. The van der Waals surface area contributed by atoms with Crippen LogP contribution >= 0.6 is 11.3 Å². The molecule has 1 aliphatic rings. The summed E-state index contributed by atoms with van der Waals surface area (Å²) in [6.45, 7) is 3.63. The molecule has 1 aromatic heterocycles. The molecule has 1 aliphatic heterocycles. The van der Waals surface area contributed by atoms with E-state index in [1.807, 2.05) is 85.1 Å². The van der Waals surface area contributed by atoms with Crippen molar-refractivity contribution in [3.05, 3.63) is 83.7 Å². The smallest absolute Gasteiger partial charge is 0.268 e. The van der Waals surface area contributed by atoms with Gasteiger partial charge in [0.15, 0.2) is 6.10 Å². The molecule has 176 valence electrons. The van der Waals surface area contributed by atoms with Crippen molar-refractivity contribution in [2.45, 2.75) is 26.4 Å². The highest BCUT2D eigenvalue weighted by Gasteiger charge is 2.33. The van der Waals surface area contributed by atoms with E-state index in [2.05, 4.69) is 5.32 Å². The molecule has 2 heterocycles. The molecule has 2 amide bonds. The highest BCUT2D eigenvalue weighted by Crippen LogP contribution is 2.38. The summed E-state index contributed by atoms with van der Waals surface area (Å²) < 4.78 is 5.84. The number of amides is 2. The van der Waals surface area contributed by atoms with Crippen molar-refractivity contribution in [1.29, 1.82) is 0 Å². The van der Waals surface area contributed by atoms with Gasteiger partial charge in [0.2, 0.25) is 5.91 Å². The van der Waals surface area contributed by atoms with Gasteiger partial charge in [-0.3, -0.25) is 14.5 Å². The molecule has 4 aromatic rings. The van der Waals surface area contributed by atoms with Crippen LogP contribution in [0, 0.1) is 0 Å². The number of nitrogens with zero attached hydrogens (tertiary/aromatic N) is 2. The number of para-hydroxylation sites is 1. The second kappa shape index (κ2) is 9.72. The van der Waals surface area contributed by atoms with Gasteiger partial charge in [0.05, 0.1) is 11.4 Å². The number of hydrogen-bond acceptors (Lipinski definition) is 5. The molecule has 0 aliphatic carbocycles. The maximum absolute atomic E-state index is 13.0. The van der Waals surface area contributed by atoms with Crippen LogP contribution in [0.25, 0.3) is 21.8 Å². The summed E-state index contributed by atoms with van der Waals surface area (Å²) in [6.07, 6.45) is 0.127. The topological polar surface area (TPSA) is 71.5 Å². The highest BCUT2D eigenvalue weighted by molar-refractivity contribution is 7.13. The Morgan fingerprint density at radius 1 is 1.06 bits per heavy atom. The van der Waals surface area contributed by atoms with Crippen LogP contribution in [-0.2, 0) is 16.0 Å². The zero-order chi connectivity index (χ0) is 24.4. The number of aromatic nitrogens is 1. The fourth-order valence-electron chi connectivity index (χ4n) is 4.13. The maximum atomic E-state index is 13.0. The molecule has 5 rings (SSSR count). The van der Waals surface area contributed by atoms with Crippen LogP contribution in [0.4, 0.5) is 11.4 Å². The molecule has 0 bridgehead atoms. The number of carbonyl (C=O) groups excluding carboxylic acids is 2. The zero-order valence-corrected chi connectivity index (χ0v) is 20.3. The summed E-state index contributed by atoms with van der Waals surface area (Å²) in [4.78, 5) is 32.3. The average Bonchev–Trinajstić information content (AvgIpc) is 3.38. The van der Waals surface area contributed by atoms with E-state index in [4.69, 9.17) is 9.72 Å². The summed E-state index contributed by atoms with van der Waals surface area (Å²) in [5.74, 6) is 0.0580. The third kappa shape index (κ3) is 4.68. The lowest BCUT2D eigenvalue weighted by Crippen LogP contribution is -2.47. The molecule has 3 aromatic carbocycles. The average molecular weight is 484 g/mol. The van der Waals surface area contributed by atoms with E-state index in [0.717, 1.165) is 39.5 Å². The van der Waals surface area contributed by atoms with Gasteiger partial charge in [0.25, 0.3) is 5.91 Å². The fraction of sp³-hybridized carbons (Fsp3) is 0.179. The van der Waals surface area contributed by atoms with Crippen LogP contribution in [0.15, 0.2) is 78.2 Å². The Bertz CT molecular complexity index is 1380. The van der Waals surface area contributed by atoms with Crippen LogP contribution < -0.4 is 15.0 Å². The van der Waals surface area contributed by atoms with Crippen molar-refractivity contribution in [3.63, 3.8) is 0 Å². The molecule has 1 N–H and O–H groups in total. The second-order valence-electron chi connectivity index (χ2n) is 8.33. The molecule has 0 spiro atoms. The van der Waals surface area contributed by atoms with Crippen molar-refractivity contribution in [1.82, 2.24) is 4.98 Å². The Labute approximate surface area is 208 Å². The van der Waals surface area contributed by atoms with E-state index in [1.54, 1.807) is 18.3 Å². The first-order valence-corrected chi connectivity index (χ1v) is 12.4. The Kier molecular flexibility index (Phi) is 6.33. The third-order valence-electron chi connectivity index (χ3n) is 5.96. The maximum Gasteiger partial charge on any atom is 0.268 e. The van der Waals surface area contributed by atoms with Crippen molar-refractivity contribution in [3.8, 4) is 27.6 Å². The molecule has 1 unspecified atom stereocenters. The van der Waals surface area contributed by atoms with Gasteiger partial charge in [-0.2, -0.15) is 0 Å². The Morgan fingerprint density at radius 3 is 2.63 bits per heavy atom. The van der Waals surface area contributed by atoms with Gasteiger partial charge in [-0.05, 0) is 43.2 Å². The summed E-state index contributed by atoms with van der Waals surface area (Å²) >= 11 is 1.56. The number of nitrogens with one attached hydrogen (secondary N) is 1. The molecular weight excluding hydrogens is 458 g/mol. The first kappa shape index (κ1) is 22.8. The predicted molar refractivity (Wildman–Crippen MR) is 140 cm³/mol. The monoisotopic (exact) mass is 483 g/mol. The molecule has 0 fully saturated rings. The number of anilines is 2. The van der Waals surface area contributed by atoms with Crippen LogP contribution in [0.3, 0.4) is 0 Å². The number of carbonyl (C=O) groups is 2. The summed E-state index contributed by atoms with van der Waals surface area (Å²) in [5.41, 5.74) is 5.10. The van der Waals surface area contributed by atoms with Crippen molar-refractivity contribution in [2.75, 3.05) is 16.8 Å². The van der Waals surface area contributed by atoms with Crippen molar-refractivity contribution in [2.24, 2.45) is 0 Å². The van der Waals surface area contributed by atoms with Crippen molar-refractivity contribution < 1.29 is 14.3 Å². The number of hydrogen-bond donors (Lipinski definition) is 1. The second-order valence-corrected chi connectivity index (χ2v) is 9.19. The van der Waals surface area contributed by atoms with Crippen LogP contribution in [0.1, 0.15) is 19.4 Å². The lowest BCUT2D eigenvalue weighted by atomic mass is 10.1. The third-order valence-corrected chi connectivity index (χ3v) is 6.85. The van der Waals surface area contributed by atoms with Crippen molar-refractivity contribution >= 4 is 34.5 Å². The summed E-state index contributed by atoms with van der Waals surface area (Å²) in [6, 6.07) is 23.3. The standard InChI is InChI=1S/C28H25N3O3S/c1-3-19-9-7-8-12-22(19)29-26(32)16-31-24-15-21(13-14-25(24)34-18(2)28(31)33)23-17-35-27(30-23)20-10-5-4-6-11-20/h4-15,17-18H,3,16H2,1-2H3,(H,29,32). The molecular formula is C28H25N3O3S. The van der Waals surface area contributed by atoms with E-state index in [-0.39, 0.29) is 18.4 Å². The van der Waals surface area contributed by atoms with Gasteiger partial charge in [-0.15, -0.1) is 11.3 Å². The van der Waals surface area contributed by atoms with E-state index in [9.17, 15) is 9.59 Å². The Hall–Kier alpha value is -3.97. The Morgan fingerprint density at radius 2 is 1.83 bits per heavy atom. The first-order chi connectivity index (χ1) is 17.0. The minimum absolute atomic E-state index is 0.104. The molecule has 0 saturated heterocycles. The van der Waals surface area contributed by atoms with Crippen LogP contribution in [0.2, 0.25) is 0 Å². The van der Waals surface area contributed by atoms with Gasteiger partial charge >= 0.3 is 0 Å². The van der Waals surface area contributed by atoms with Gasteiger partial charge in [-0.1, -0.05) is 55.5 Å². The van der Waals surface area contributed by atoms with Gasteiger partial charge in [0, 0.05) is 22.2 Å². The first-order valence-electron chi connectivity index (χ1n) is 11.5. The summed E-state index contributed by atoms with van der Waals surface area (Å²) in [5, 5.41) is 5.88. The largest absolute Gasteiger partial charge is 0.479 e. The van der Waals surface area contributed by atoms with Crippen LogP contribution in [0.5, 0.6) is 5.75 Å². The SMILES string of the molecule is CCc1ccccc1NC(=O)CN1C(=O)C(C)Oc2ccc(-c3csc(-c4ccccc4)n3)cc21. The number of fused-ring (bicyclic) bond motifs is 1. The highest BCUT2D eigenvalue weighted by atomic mass is 32.1. The normalized spacial score (nSPS) is 14.9. The van der Waals surface area contributed by atoms with E-state index in [1.165, 1.54) is 4.90 Å². The van der Waals surface area contributed by atoms with Gasteiger partial charge in [-0.25, -0.2) is 4.98 Å². The molecule has 1 atom stereocenters. The van der Waals surface area contributed by atoms with E-state index >= 15 is 0 Å². The molecule has 7 heteroatoms. The predicted octanol–water partition coefficient (Wildman–Crippen LogP) is 5.79. The molecule has 35 heavy (non-hydrogen) atoms. The van der Waals surface area contributed by atoms with Gasteiger partial charge < -0.3 is 10.1 Å². The lowest BCUT2D eigenvalue weighted by Gasteiger charge is -2.33. The minimum Gasteiger partial charge on any atom is -0.479 e. The number of ether oxygens (including phenoxy) is 1. The minimum atomic E-state index is -0.673. The lowest BCUT2D eigenvalue weighted by molar-refractivity contribution is -0.127. The quantitative estimate of drug-likeness (QED) is 0.377. The van der Waals surface area contributed by atoms with E-state index < -0.39 is 6.10 Å². The fourth-order valence-corrected chi connectivity index (χ4v) is 4.97. The zero-order valence-electron chi connectivity index (χ0n) is 19.5. The van der Waals surface area contributed by atoms with Crippen LogP contribution in [-0.4, -0.2) is 29.4 Å². The molecule has 6 nitrogen and oxygen atoms in total. The molecule has 0 radical (unpaired) electrons.